The smallest absolute Gasteiger partial charge is 0.147 e. The lowest BCUT2D eigenvalue weighted by Gasteiger charge is -2.22. The number of benzene rings is 1. The second-order valence-corrected chi connectivity index (χ2v) is 11.6. The highest BCUT2D eigenvalue weighted by Crippen LogP contribution is 2.42. The Balaban J connectivity index is 1.47. The molecule has 1 fully saturated rings. The molecule has 0 atom stereocenters. The Kier molecular flexibility index (Phi) is 5.01. The van der Waals surface area contributed by atoms with Crippen LogP contribution in [0.15, 0.2) is 47.2 Å². The van der Waals surface area contributed by atoms with E-state index in [-0.39, 0.29) is 5.75 Å². The molecule has 0 bridgehead atoms. The fourth-order valence-electron chi connectivity index (χ4n) is 4.41. The van der Waals surface area contributed by atoms with Gasteiger partial charge in [0, 0.05) is 46.1 Å². The van der Waals surface area contributed by atoms with Crippen molar-refractivity contribution >= 4 is 48.0 Å². The van der Waals surface area contributed by atoms with Crippen molar-refractivity contribution in [1.82, 2.24) is 9.55 Å². The van der Waals surface area contributed by atoms with Crippen molar-refractivity contribution in [2.24, 2.45) is 0 Å². The number of sulfone groups is 1. The van der Waals surface area contributed by atoms with Gasteiger partial charge in [0.25, 0.3) is 0 Å². The average molecular weight is 489 g/mol. The SMILES string of the molecule is CS(=O)(=O)CCCn1c(CN2CN(C3CC3)c3ccncc32)cc2cc(Br)ccc21. The van der Waals surface area contributed by atoms with E-state index in [9.17, 15) is 8.42 Å². The van der Waals surface area contributed by atoms with E-state index in [0.717, 1.165) is 23.2 Å². The lowest BCUT2D eigenvalue weighted by atomic mass is 10.2. The van der Waals surface area contributed by atoms with Crippen molar-refractivity contribution < 1.29 is 8.42 Å². The molecular formula is C22H25BrN4O2S. The first-order valence-electron chi connectivity index (χ1n) is 10.3. The van der Waals surface area contributed by atoms with Gasteiger partial charge in [-0.2, -0.15) is 0 Å². The van der Waals surface area contributed by atoms with Crippen LogP contribution in [0.3, 0.4) is 0 Å². The summed E-state index contributed by atoms with van der Waals surface area (Å²) in [6, 6.07) is 11.3. The van der Waals surface area contributed by atoms with E-state index in [2.05, 4.69) is 59.5 Å². The fraction of sp³-hybridized carbons (Fsp3) is 0.409. The molecule has 0 unspecified atom stereocenters. The van der Waals surface area contributed by atoms with Gasteiger partial charge in [0.15, 0.2) is 0 Å². The second kappa shape index (κ2) is 7.57. The van der Waals surface area contributed by atoms with Gasteiger partial charge in [-0.1, -0.05) is 15.9 Å². The number of aromatic nitrogens is 2. The molecule has 1 saturated carbocycles. The first kappa shape index (κ1) is 19.9. The largest absolute Gasteiger partial charge is 0.349 e. The number of nitrogens with zero attached hydrogens (tertiary/aromatic N) is 4. The number of hydrogen-bond acceptors (Lipinski definition) is 5. The van der Waals surface area contributed by atoms with Crippen molar-refractivity contribution in [1.29, 1.82) is 0 Å². The summed E-state index contributed by atoms with van der Waals surface area (Å²) in [6.45, 7) is 2.33. The summed E-state index contributed by atoms with van der Waals surface area (Å²) in [5, 5.41) is 1.17. The van der Waals surface area contributed by atoms with Crippen LogP contribution >= 0.6 is 15.9 Å². The molecule has 5 rings (SSSR count). The van der Waals surface area contributed by atoms with E-state index in [1.54, 1.807) is 0 Å². The molecule has 30 heavy (non-hydrogen) atoms. The minimum atomic E-state index is -2.97. The van der Waals surface area contributed by atoms with E-state index >= 15 is 0 Å². The molecule has 3 aromatic rings. The maximum atomic E-state index is 11.6. The van der Waals surface area contributed by atoms with Crippen LogP contribution in [0.2, 0.25) is 0 Å². The molecule has 2 aromatic heterocycles. The van der Waals surface area contributed by atoms with E-state index in [4.69, 9.17) is 0 Å². The van der Waals surface area contributed by atoms with E-state index < -0.39 is 9.84 Å². The van der Waals surface area contributed by atoms with Gasteiger partial charge < -0.3 is 14.4 Å². The average Bonchev–Trinajstić information content (AvgIpc) is 3.40. The number of anilines is 2. The third-order valence-corrected chi connectivity index (χ3v) is 7.46. The molecule has 2 aliphatic rings. The molecule has 158 valence electrons. The maximum absolute atomic E-state index is 11.6. The number of halogens is 1. The number of pyridine rings is 1. The van der Waals surface area contributed by atoms with E-state index in [0.29, 0.717) is 19.0 Å². The van der Waals surface area contributed by atoms with Crippen LogP contribution in [0, 0.1) is 0 Å². The highest BCUT2D eigenvalue weighted by atomic mass is 79.9. The molecule has 6 nitrogen and oxygen atoms in total. The van der Waals surface area contributed by atoms with E-state index in [1.807, 2.05) is 18.5 Å². The Morgan fingerprint density at radius 3 is 2.77 bits per heavy atom. The third kappa shape index (κ3) is 3.95. The highest BCUT2D eigenvalue weighted by molar-refractivity contribution is 9.10. The van der Waals surface area contributed by atoms with Gasteiger partial charge in [-0.15, -0.1) is 0 Å². The van der Waals surface area contributed by atoms with Gasteiger partial charge in [0.05, 0.1) is 36.5 Å². The molecule has 1 aliphatic heterocycles. The Hall–Kier alpha value is -2.06. The molecular weight excluding hydrogens is 464 g/mol. The van der Waals surface area contributed by atoms with Crippen molar-refractivity contribution in [3.8, 4) is 0 Å². The Labute approximate surface area is 185 Å². The Morgan fingerprint density at radius 1 is 1.17 bits per heavy atom. The number of fused-ring (bicyclic) bond motifs is 2. The van der Waals surface area contributed by atoms with Crippen LogP contribution < -0.4 is 9.80 Å². The minimum Gasteiger partial charge on any atom is -0.349 e. The van der Waals surface area contributed by atoms with Gasteiger partial charge in [0.2, 0.25) is 0 Å². The van der Waals surface area contributed by atoms with Crippen molar-refractivity contribution in [3.63, 3.8) is 0 Å². The summed E-state index contributed by atoms with van der Waals surface area (Å²) >= 11 is 3.57. The molecule has 0 spiro atoms. The summed E-state index contributed by atoms with van der Waals surface area (Å²) in [6.07, 6.45) is 8.27. The monoisotopic (exact) mass is 488 g/mol. The van der Waals surface area contributed by atoms with E-state index in [1.165, 1.54) is 41.6 Å². The predicted molar refractivity (Wildman–Crippen MR) is 125 cm³/mol. The van der Waals surface area contributed by atoms with Crippen molar-refractivity contribution in [2.45, 2.75) is 38.4 Å². The number of aryl methyl sites for hydroxylation is 1. The molecule has 8 heteroatoms. The minimum absolute atomic E-state index is 0.203. The van der Waals surface area contributed by atoms with Gasteiger partial charge in [-0.05, 0) is 49.6 Å². The van der Waals surface area contributed by atoms with Gasteiger partial charge >= 0.3 is 0 Å². The molecule has 0 saturated heterocycles. The normalized spacial score (nSPS) is 16.5. The molecule has 1 aromatic carbocycles. The first-order chi connectivity index (χ1) is 14.4. The number of hydrogen-bond donors (Lipinski definition) is 0. The zero-order valence-corrected chi connectivity index (χ0v) is 19.4. The zero-order valence-electron chi connectivity index (χ0n) is 17.0. The quantitative estimate of drug-likeness (QED) is 0.499. The summed E-state index contributed by atoms with van der Waals surface area (Å²) in [7, 11) is -2.97. The standard InChI is InChI=1S/C22H25BrN4O2S/c1-30(28,29)10-2-9-26-19(12-16-11-17(23)3-6-20(16)26)14-25-15-27(18-4-5-18)21-7-8-24-13-22(21)25/h3,6-8,11-13,18H,2,4-5,9-10,14-15H2,1H3. The topological polar surface area (TPSA) is 58.4 Å². The summed E-state index contributed by atoms with van der Waals surface area (Å²) < 4.78 is 26.6. The zero-order chi connectivity index (χ0) is 20.9. The van der Waals surface area contributed by atoms with Crippen LogP contribution in [0.5, 0.6) is 0 Å². The third-order valence-electron chi connectivity index (χ3n) is 5.94. The van der Waals surface area contributed by atoms with Gasteiger partial charge in [-0.3, -0.25) is 4.98 Å². The molecule has 0 amide bonds. The molecule has 1 aliphatic carbocycles. The van der Waals surface area contributed by atoms with Crippen molar-refractivity contribution in [2.75, 3.05) is 28.5 Å². The lowest BCUT2D eigenvalue weighted by Crippen LogP contribution is -2.32. The summed E-state index contributed by atoms with van der Waals surface area (Å²) in [5.74, 6) is 0.203. The van der Waals surface area contributed by atoms with Crippen LogP contribution in [0.4, 0.5) is 11.4 Å². The van der Waals surface area contributed by atoms with Crippen LogP contribution in [0.1, 0.15) is 25.0 Å². The molecule has 0 radical (unpaired) electrons. The summed E-state index contributed by atoms with van der Waals surface area (Å²) in [4.78, 5) is 9.24. The fourth-order valence-corrected chi connectivity index (χ4v) is 5.44. The van der Waals surface area contributed by atoms with Crippen LogP contribution in [0.25, 0.3) is 10.9 Å². The highest BCUT2D eigenvalue weighted by Gasteiger charge is 2.36. The Morgan fingerprint density at radius 2 is 2.00 bits per heavy atom. The molecule has 3 heterocycles. The van der Waals surface area contributed by atoms with Gasteiger partial charge in [0.1, 0.15) is 9.84 Å². The predicted octanol–water partition coefficient (Wildman–Crippen LogP) is 4.18. The van der Waals surface area contributed by atoms with Crippen LogP contribution in [-0.2, 0) is 22.9 Å². The summed E-state index contributed by atoms with van der Waals surface area (Å²) in [5.41, 5.74) is 4.80. The number of rotatable bonds is 7. The lowest BCUT2D eigenvalue weighted by molar-refractivity contribution is 0.590. The maximum Gasteiger partial charge on any atom is 0.147 e. The molecule has 0 N–H and O–H groups in total. The Bertz CT molecular complexity index is 1200. The second-order valence-electron chi connectivity index (χ2n) is 8.38. The van der Waals surface area contributed by atoms with Gasteiger partial charge in [-0.25, -0.2) is 8.42 Å². The first-order valence-corrected chi connectivity index (χ1v) is 13.2. The van der Waals surface area contributed by atoms with Crippen molar-refractivity contribution in [3.05, 3.63) is 52.9 Å². The van der Waals surface area contributed by atoms with Crippen LogP contribution in [-0.4, -0.2) is 42.7 Å².